The molecule has 1 saturated heterocycles. The highest BCUT2D eigenvalue weighted by molar-refractivity contribution is 4.90. The lowest BCUT2D eigenvalue weighted by molar-refractivity contribution is 0.202. The van der Waals surface area contributed by atoms with E-state index in [1.807, 2.05) is 0 Å². The number of hydrogen-bond donors (Lipinski definition) is 1. The van der Waals surface area contributed by atoms with Gasteiger partial charge in [-0.3, -0.25) is 0 Å². The lowest BCUT2D eigenvalue weighted by Gasteiger charge is -2.35. The molecule has 18 heavy (non-hydrogen) atoms. The van der Waals surface area contributed by atoms with E-state index in [4.69, 9.17) is 0 Å². The summed E-state index contributed by atoms with van der Waals surface area (Å²) >= 11 is 0. The van der Waals surface area contributed by atoms with Crippen molar-refractivity contribution in [3.8, 4) is 0 Å². The zero-order valence-electron chi connectivity index (χ0n) is 12.3. The molecule has 3 fully saturated rings. The third-order valence-corrected chi connectivity index (χ3v) is 5.41. The molecule has 0 spiro atoms. The van der Waals surface area contributed by atoms with E-state index in [-0.39, 0.29) is 0 Å². The van der Waals surface area contributed by atoms with Gasteiger partial charge in [0, 0.05) is 18.6 Å². The van der Waals surface area contributed by atoms with E-state index in [2.05, 4.69) is 24.1 Å². The highest BCUT2D eigenvalue weighted by atomic mass is 15.2. The summed E-state index contributed by atoms with van der Waals surface area (Å²) in [5.74, 6) is 0.931. The quantitative estimate of drug-likeness (QED) is 0.825. The second kappa shape index (κ2) is 5.13. The normalized spacial score (nSPS) is 34.0. The zero-order valence-corrected chi connectivity index (χ0v) is 12.3. The number of likely N-dealkylation sites (tertiary alicyclic amines) is 1. The van der Waals surface area contributed by atoms with Gasteiger partial charge in [-0.05, 0) is 69.4 Å². The summed E-state index contributed by atoms with van der Waals surface area (Å²) < 4.78 is 0. The van der Waals surface area contributed by atoms with E-state index in [0.29, 0.717) is 5.41 Å². The van der Waals surface area contributed by atoms with Crippen molar-refractivity contribution in [1.29, 1.82) is 0 Å². The van der Waals surface area contributed by atoms with Crippen LogP contribution in [-0.4, -0.2) is 36.6 Å². The summed E-state index contributed by atoms with van der Waals surface area (Å²) in [5, 5.41) is 3.85. The Hall–Kier alpha value is -0.0800. The fraction of sp³-hybridized carbons (Fsp3) is 1.00. The first-order valence-electron chi connectivity index (χ1n) is 8.10. The van der Waals surface area contributed by atoms with Gasteiger partial charge in [0.25, 0.3) is 0 Å². The Labute approximate surface area is 113 Å². The molecule has 1 atom stereocenters. The van der Waals surface area contributed by atoms with Gasteiger partial charge in [-0.15, -0.1) is 0 Å². The molecule has 1 unspecified atom stereocenters. The maximum Gasteiger partial charge on any atom is 0.00965 e. The predicted octanol–water partition coefficient (Wildman–Crippen LogP) is 3.03. The van der Waals surface area contributed by atoms with Gasteiger partial charge in [-0.25, -0.2) is 0 Å². The average molecular weight is 250 g/mol. The first-order chi connectivity index (χ1) is 8.62. The van der Waals surface area contributed by atoms with E-state index < -0.39 is 0 Å². The second-order valence-electron chi connectivity index (χ2n) is 7.73. The molecule has 1 N–H and O–H groups in total. The molecule has 2 heteroatoms. The third-order valence-electron chi connectivity index (χ3n) is 5.41. The molecule has 104 valence electrons. The largest absolute Gasteiger partial charge is 0.314 e. The van der Waals surface area contributed by atoms with E-state index in [0.717, 1.165) is 18.0 Å². The van der Waals surface area contributed by atoms with Crippen molar-refractivity contribution < 1.29 is 0 Å². The van der Waals surface area contributed by atoms with Crippen LogP contribution in [0.2, 0.25) is 0 Å². The summed E-state index contributed by atoms with van der Waals surface area (Å²) in [7, 11) is 0. The predicted molar refractivity (Wildman–Crippen MR) is 76.7 cm³/mol. The van der Waals surface area contributed by atoms with Crippen molar-refractivity contribution in [2.75, 3.05) is 19.6 Å². The van der Waals surface area contributed by atoms with Crippen LogP contribution in [0.15, 0.2) is 0 Å². The standard InChI is InChI=1S/C16H30N2/c1-16(2)8-5-14(6-9-16)17-11-13-7-10-18(12-13)15-3-4-15/h13-15,17H,3-12H2,1-2H3. The fourth-order valence-corrected chi connectivity index (χ4v) is 3.74. The molecular weight excluding hydrogens is 220 g/mol. The number of nitrogens with one attached hydrogen (secondary N) is 1. The lowest BCUT2D eigenvalue weighted by Crippen LogP contribution is -2.38. The Bertz CT molecular complexity index is 271. The minimum absolute atomic E-state index is 0.605. The first kappa shape index (κ1) is 12.9. The molecule has 2 saturated carbocycles. The SMILES string of the molecule is CC1(C)CCC(NCC2CCN(C3CC3)C2)CC1. The van der Waals surface area contributed by atoms with Crippen molar-refractivity contribution in [3.05, 3.63) is 0 Å². The summed E-state index contributed by atoms with van der Waals surface area (Å²) in [6.45, 7) is 8.86. The van der Waals surface area contributed by atoms with Gasteiger partial charge in [0.05, 0.1) is 0 Å². The molecular formula is C16H30N2. The van der Waals surface area contributed by atoms with Gasteiger partial charge < -0.3 is 10.2 Å². The van der Waals surface area contributed by atoms with Crippen molar-refractivity contribution in [1.82, 2.24) is 10.2 Å². The van der Waals surface area contributed by atoms with Crippen LogP contribution in [0.4, 0.5) is 0 Å². The first-order valence-corrected chi connectivity index (χ1v) is 8.10. The molecule has 0 bridgehead atoms. The summed E-state index contributed by atoms with van der Waals surface area (Å²) in [6, 6.07) is 1.79. The van der Waals surface area contributed by atoms with Crippen LogP contribution in [0.1, 0.15) is 58.8 Å². The number of hydrogen-bond acceptors (Lipinski definition) is 2. The van der Waals surface area contributed by atoms with Crippen LogP contribution in [0.3, 0.4) is 0 Å². The Balaban J connectivity index is 1.35. The van der Waals surface area contributed by atoms with Gasteiger partial charge in [0.15, 0.2) is 0 Å². The van der Waals surface area contributed by atoms with Gasteiger partial charge in [0.1, 0.15) is 0 Å². The van der Waals surface area contributed by atoms with Crippen molar-refractivity contribution in [3.63, 3.8) is 0 Å². The lowest BCUT2D eigenvalue weighted by atomic mass is 9.75. The average Bonchev–Trinajstić information content (AvgIpc) is 3.08. The second-order valence-corrected chi connectivity index (χ2v) is 7.73. The van der Waals surface area contributed by atoms with E-state index in [1.54, 1.807) is 0 Å². The molecule has 1 aliphatic heterocycles. The summed E-state index contributed by atoms with van der Waals surface area (Å²) in [4.78, 5) is 2.73. The molecule has 3 aliphatic rings. The Morgan fingerprint density at radius 2 is 1.78 bits per heavy atom. The Kier molecular flexibility index (Phi) is 3.68. The van der Waals surface area contributed by atoms with Crippen LogP contribution in [-0.2, 0) is 0 Å². The van der Waals surface area contributed by atoms with Gasteiger partial charge in [-0.1, -0.05) is 13.8 Å². The maximum atomic E-state index is 3.85. The van der Waals surface area contributed by atoms with Crippen LogP contribution in [0, 0.1) is 11.3 Å². The van der Waals surface area contributed by atoms with E-state index in [9.17, 15) is 0 Å². The van der Waals surface area contributed by atoms with Crippen molar-refractivity contribution in [2.24, 2.45) is 11.3 Å². The molecule has 0 radical (unpaired) electrons. The molecule has 2 aliphatic carbocycles. The molecule has 0 aromatic heterocycles. The molecule has 0 aromatic rings. The smallest absolute Gasteiger partial charge is 0.00965 e. The Morgan fingerprint density at radius 1 is 1.06 bits per heavy atom. The fourth-order valence-electron chi connectivity index (χ4n) is 3.74. The summed E-state index contributed by atoms with van der Waals surface area (Å²) in [6.07, 6.45) is 9.97. The van der Waals surface area contributed by atoms with Crippen LogP contribution in [0.5, 0.6) is 0 Å². The third kappa shape index (κ3) is 3.27. The van der Waals surface area contributed by atoms with Crippen LogP contribution < -0.4 is 5.32 Å². The zero-order chi connectivity index (χ0) is 12.6. The molecule has 3 rings (SSSR count). The highest BCUT2D eigenvalue weighted by Gasteiger charge is 2.34. The maximum absolute atomic E-state index is 3.85. The molecule has 2 nitrogen and oxygen atoms in total. The van der Waals surface area contributed by atoms with Crippen molar-refractivity contribution in [2.45, 2.75) is 70.9 Å². The summed E-state index contributed by atoms with van der Waals surface area (Å²) in [5.41, 5.74) is 0.605. The van der Waals surface area contributed by atoms with Gasteiger partial charge in [0.2, 0.25) is 0 Å². The van der Waals surface area contributed by atoms with E-state index in [1.165, 1.54) is 64.6 Å². The van der Waals surface area contributed by atoms with E-state index >= 15 is 0 Å². The molecule has 1 heterocycles. The monoisotopic (exact) mass is 250 g/mol. The molecule has 0 aromatic carbocycles. The molecule has 0 amide bonds. The minimum atomic E-state index is 0.605. The van der Waals surface area contributed by atoms with Gasteiger partial charge in [-0.2, -0.15) is 0 Å². The van der Waals surface area contributed by atoms with Crippen LogP contribution >= 0.6 is 0 Å². The van der Waals surface area contributed by atoms with Gasteiger partial charge >= 0.3 is 0 Å². The number of rotatable bonds is 4. The van der Waals surface area contributed by atoms with Crippen LogP contribution in [0.25, 0.3) is 0 Å². The number of nitrogens with zero attached hydrogens (tertiary/aromatic N) is 1. The Morgan fingerprint density at radius 3 is 2.44 bits per heavy atom. The topological polar surface area (TPSA) is 15.3 Å². The van der Waals surface area contributed by atoms with Crippen molar-refractivity contribution >= 4 is 0 Å². The minimum Gasteiger partial charge on any atom is -0.314 e. The highest BCUT2D eigenvalue weighted by Crippen LogP contribution is 2.35.